The molecule has 0 radical (unpaired) electrons. The maximum absolute atomic E-state index is 14.0. The summed E-state index contributed by atoms with van der Waals surface area (Å²) in [7, 11) is 4.05. The van der Waals surface area contributed by atoms with Gasteiger partial charge in [-0.15, -0.1) is 11.3 Å². The summed E-state index contributed by atoms with van der Waals surface area (Å²) in [5.41, 5.74) is 8.13. The lowest BCUT2D eigenvalue weighted by molar-refractivity contribution is -0.144. The van der Waals surface area contributed by atoms with Gasteiger partial charge in [-0.1, -0.05) is 63.2 Å². The summed E-state index contributed by atoms with van der Waals surface area (Å²) in [6, 6.07) is 24.2. The van der Waals surface area contributed by atoms with Crippen LogP contribution in [-0.2, 0) is 19.1 Å². The van der Waals surface area contributed by atoms with Crippen molar-refractivity contribution in [3.8, 4) is 27.4 Å². The first-order valence-electron chi connectivity index (χ1n) is 20.7. The van der Waals surface area contributed by atoms with Crippen LogP contribution in [0.4, 0.5) is 5.69 Å². The number of aryl methyl sites for hydroxylation is 1. The van der Waals surface area contributed by atoms with Gasteiger partial charge in [0.1, 0.15) is 24.4 Å². The number of nitrogens with zero attached hydrogens (tertiary/aromatic N) is 4. The van der Waals surface area contributed by atoms with E-state index in [2.05, 4.69) is 50.8 Å². The summed E-state index contributed by atoms with van der Waals surface area (Å²) in [4.78, 5) is 54.4. The number of unbranched alkanes of at least 4 members (excludes halogenated alkanes) is 2. The predicted molar refractivity (Wildman–Crippen MR) is 238 cm³/mol. The van der Waals surface area contributed by atoms with Crippen LogP contribution in [0.3, 0.4) is 0 Å². The highest BCUT2D eigenvalue weighted by atomic mass is 32.1. The number of aromatic nitrogens is 2. The summed E-state index contributed by atoms with van der Waals surface area (Å²) in [6.45, 7) is 10.2. The van der Waals surface area contributed by atoms with Crippen LogP contribution in [0.15, 0.2) is 84.4 Å². The van der Waals surface area contributed by atoms with E-state index in [1.165, 1.54) is 4.90 Å². The maximum atomic E-state index is 14.0. The first-order valence-corrected chi connectivity index (χ1v) is 21.5. The quantitative estimate of drug-likeness (QED) is 0.0820. The third-order valence-corrected chi connectivity index (χ3v) is 11.8. The van der Waals surface area contributed by atoms with Crippen LogP contribution in [-0.4, -0.2) is 96.3 Å². The fraction of sp³-hybridized carbons (Fsp3) is 0.426. The predicted octanol–water partition coefficient (Wildman–Crippen LogP) is 7.34. The summed E-state index contributed by atoms with van der Waals surface area (Å²) in [6.07, 6.45) is 1.68. The molecule has 12 nitrogen and oxygen atoms in total. The SMILES string of the molecule is Cc1ncsc1-c1ccc(C(C)NC(=O)[C@@H]2C[C@@H](O)CN2C(=O)C(NC(=O)COCCCCCOc2ccc3nc(-c4ccc(N(C)C)cc4)ccc3c2)C(C)(C)C)cc1. The van der Waals surface area contributed by atoms with Crippen LogP contribution in [0.1, 0.15) is 70.7 Å². The highest BCUT2D eigenvalue weighted by molar-refractivity contribution is 7.13. The Morgan fingerprint density at radius 2 is 1.65 bits per heavy atom. The molecule has 0 spiro atoms. The molecule has 13 heteroatoms. The number of fused-ring (bicyclic) bond motifs is 1. The fourth-order valence-corrected chi connectivity index (χ4v) is 8.15. The third kappa shape index (κ3) is 11.3. The molecule has 2 unspecified atom stereocenters. The van der Waals surface area contributed by atoms with Gasteiger partial charge in [0, 0.05) is 50.3 Å². The molecule has 1 fully saturated rings. The zero-order valence-electron chi connectivity index (χ0n) is 35.7. The molecule has 0 saturated carbocycles. The molecular formula is C47H58N6O6S. The lowest BCUT2D eigenvalue weighted by Gasteiger charge is -2.35. The van der Waals surface area contributed by atoms with Crippen molar-refractivity contribution in [3.05, 3.63) is 95.6 Å². The van der Waals surface area contributed by atoms with Crippen molar-refractivity contribution < 1.29 is 29.0 Å². The largest absolute Gasteiger partial charge is 0.494 e. The highest BCUT2D eigenvalue weighted by Crippen LogP contribution is 2.30. The number of aliphatic hydroxyl groups excluding tert-OH is 1. The van der Waals surface area contributed by atoms with Crippen molar-refractivity contribution in [1.29, 1.82) is 0 Å². The number of rotatable bonds is 17. The molecule has 4 atom stereocenters. The second-order valence-electron chi connectivity index (χ2n) is 16.8. The Hall–Kier alpha value is -5.37. The molecule has 0 aliphatic carbocycles. The van der Waals surface area contributed by atoms with Crippen molar-refractivity contribution in [2.24, 2.45) is 5.41 Å². The van der Waals surface area contributed by atoms with Crippen LogP contribution in [0.25, 0.3) is 32.6 Å². The van der Waals surface area contributed by atoms with Crippen LogP contribution < -0.4 is 20.3 Å². The molecule has 0 bridgehead atoms. The number of thiazole rings is 1. The van der Waals surface area contributed by atoms with E-state index in [-0.39, 0.29) is 31.5 Å². The van der Waals surface area contributed by atoms with E-state index >= 15 is 0 Å². The summed E-state index contributed by atoms with van der Waals surface area (Å²) in [5.74, 6) is -0.396. The summed E-state index contributed by atoms with van der Waals surface area (Å²) in [5, 5.41) is 17.5. The average molecular weight is 835 g/mol. The third-order valence-electron chi connectivity index (χ3n) is 10.8. The average Bonchev–Trinajstić information content (AvgIpc) is 3.85. The van der Waals surface area contributed by atoms with Crippen LogP contribution >= 0.6 is 11.3 Å². The normalized spacial score (nSPS) is 16.4. The van der Waals surface area contributed by atoms with Crippen LogP contribution in [0.2, 0.25) is 0 Å². The van der Waals surface area contributed by atoms with Crippen LogP contribution in [0, 0.1) is 12.3 Å². The number of likely N-dealkylation sites (tertiary alicyclic amines) is 1. The molecule has 3 aromatic carbocycles. The molecule has 318 valence electrons. The Labute approximate surface area is 357 Å². The maximum Gasteiger partial charge on any atom is 0.246 e. The molecule has 3 N–H and O–H groups in total. The number of hydrogen-bond acceptors (Lipinski definition) is 10. The molecule has 2 aromatic heterocycles. The van der Waals surface area contributed by atoms with Gasteiger partial charge in [-0.3, -0.25) is 14.4 Å². The number of aliphatic hydroxyl groups is 1. The minimum Gasteiger partial charge on any atom is -0.494 e. The minimum atomic E-state index is -0.931. The molecule has 1 aliphatic rings. The molecule has 3 amide bonds. The van der Waals surface area contributed by atoms with Gasteiger partial charge in [0.15, 0.2) is 0 Å². The number of pyridine rings is 1. The molecule has 1 aliphatic heterocycles. The number of nitrogens with one attached hydrogen (secondary N) is 2. The number of amides is 3. The standard InChI is InChI=1S/C47H58N6O6S/c1-30(32-11-13-34(14-12-32)43-31(2)48-29-60-43)49-45(56)41-26-37(54)27-53(41)46(57)44(47(3,4)5)51-42(55)28-58-23-9-8-10-24-59-38-20-22-40-35(25-38)17-21-39(50-40)33-15-18-36(19-16-33)52(6)7/h11-22,25,29-30,37,41,44,54H,8-10,23-24,26-28H2,1-7H3,(H,49,56)(H,51,55)/t30?,37-,41+,44?/m1/s1. The zero-order chi connectivity index (χ0) is 43.0. The molecule has 5 aromatic rings. The molecule has 6 rings (SSSR count). The number of benzene rings is 3. The Bertz CT molecular complexity index is 2240. The highest BCUT2D eigenvalue weighted by Gasteiger charge is 2.44. The van der Waals surface area contributed by atoms with E-state index in [9.17, 15) is 19.5 Å². The zero-order valence-corrected chi connectivity index (χ0v) is 36.6. The van der Waals surface area contributed by atoms with Gasteiger partial charge in [0.2, 0.25) is 17.7 Å². The van der Waals surface area contributed by atoms with E-state index in [0.29, 0.717) is 13.2 Å². The van der Waals surface area contributed by atoms with Gasteiger partial charge in [-0.2, -0.15) is 0 Å². The van der Waals surface area contributed by atoms with Gasteiger partial charge < -0.3 is 35.0 Å². The van der Waals surface area contributed by atoms with E-state index in [1.54, 1.807) is 11.3 Å². The number of carbonyl (C=O) groups excluding carboxylic acids is 3. The number of anilines is 1. The molecule has 3 heterocycles. The van der Waals surface area contributed by atoms with Gasteiger partial charge in [-0.25, -0.2) is 9.97 Å². The van der Waals surface area contributed by atoms with Gasteiger partial charge in [0.05, 0.1) is 46.0 Å². The van der Waals surface area contributed by atoms with Crippen molar-refractivity contribution in [2.45, 2.75) is 84.5 Å². The van der Waals surface area contributed by atoms with Crippen molar-refractivity contribution in [1.82, 2.24) is 25.5 Å². The Kier molecular flexibility index (Phi) is 14.6. The Balaban J connectivity index is 0.917. The fourth-order valence-electron chi connectivity index (χ4n) is 7.34. The molecule has 1 saturated heterocycles. The van der Waals surface area contributed by atoms with E-state index in [4.69, 9.17) is 14.5 Å². The Morgan fingerprint density at radius 3 is 2.33 bits per heavy atom. The topological polar surface area (TPSA) is 146 Å². The van der Waals surface area contributed by atoms with Crippen LogP contribution in [0.5, 0.6) is 5.75 Å². The lowest BCUT2D eigenvalue weighted by Crippen LogP contribution is -2.58. The van der Waals surface area contributed by atoms with E-state index in [1.807, 2.05) is 103 Å². The Morgan fingerprint density at radius 1 is 0.933 bits per heavy atom. The monoisotopic (exact) mass is 834 g/mol. The minimum absolute atomic E-state index is 0.00279. The molecule has 60 heavy (non-hydrogen) atoms. The number of hydrogen-bond donors (Lipinski definition) is 3. The summed E-state index contributed by atoms with van der Waals surface area (Å²) >= 11 is 1.58. The number of ether oxygens (including phenoxy) is 2. The summed E-state index contributed by atoms with van der Waals surface area (Å²) < 4.78 is 11.7. The second-order valence-corrected chi connectivity index (χ2v) is 17.7. The molecular weight excluding hydrogens is 777 g/mol. The number of carbonyl (C=O) groups is 3. The van der Waals surface area contributed by atoms with Gasteiger partial charge in [-0.05, 0) is 86.1 Å². The smallest absolute Gasteiger partial charge is 0.246 e. The van der Waals surface area contributed by atoms with Crippen molar-refractivity contribution in [2.75, 3.05) is 45.4 Å². The van der Waals surface area contributed by atoms with Gasteiger partial charge >= 0.3 is 0 Å². The first kappa shape index (κ1) is 44.2. The first-order chi connectivity index (χ1) is 28.7. The lowest BCUT2D eigenvalue weighted by atomic mass is 9.85. The van der Waals surface area contributed by atoms with Crippen molar-refractivity contribution in [3.63, 3.8) is 0 Å². The van der Waals surface area contributed by atoms with Gasteiger partial charge in [0.25, 0.3) is 0 Å². The number of β-amino-alcohol motifs (C(OH)–C–C–N with tert-alkyl or cyclic N) is 1. The van der Waals surface area contributed by atoms with E-state index < -0.39 is 35.4 Å². The van der Waals surface area contributed by atoms with E-state index in [0.717, 1.165) is 74.6 Å². The second kappa shape index (κ2) is 19.8. The van der Waals surface area contributed by atoms with Crippen molar-refractivity contribution >= 4 is 45.6 Å².